The molecule has 2 aliphatic rings. The van der Waals surface area contributed by atoms with E-state index in [9.17, 15) is 18.0 Å². The molecule has 0 radical (unpaired) electrons. The quantitative estimate of drug-likeness (QED) is 0.693. The second kappa shape index (κ2) is 9.17. The molecule has 1 atom stereocenters. The minimum Gasteiger partial charge on any atom is -0.353 e. The maximum absolute atomic E-state index is 14.0. The number of fused-ring (bicyclic) bond motifs is 1. The van der Waals surface area contributed by atoms with Crippen LogP contribution in [0.5, 0.6) is 0 Å². The van der Waals surface area contributed by atoms with Crippen LogP contribution >= 0.6 is 0 Å². The number of rotatable bonds is 5. The summed E-state index contributed by atoms with van der Waals surface area (Å²) < 4.78 is 29.2. The van der Waals surface area contributed by atoms with Gasteiger partial charge in [0.05, 0.1) is 22.7 Å². The van der Waals surface area contributed by atoms with Gasteiger partial charge in [0.2, 0.25) is 11.8 Å². The third-order valence-corrected chi connectivity index (χ3v) is 8.58. The van der Waals surface area contributed by atoms with E-state index in [1.807, 2.05) is 19.1 Å². The minimum absolute atomic E-state index is 0.0804. The zero-order chi connectivity index (χ0) is 23.8. The Hall–Kier alpha value is -2.87. The van der Waals surface area contributed by atoms with Gasteiger partial charge < -0.3 is 10.6 Å². The second-order valence-electron chi connectivity index (χ2n) is 9.16. The van der Waals surface area contributed by atoms with Crippen molar-refractivity contribution in [2.75, 3.05) is 9.62 Å². The predicted molar refractivity (Wildman–Crippen MR) is 129 cm³/mol. The van der Waals surface area contributed by atoms with E-state index in [0.29, 0.717) is 22.5 Å². The molecular formula is C25H31N3O4S. The summed E-state index contributed by atoms with van der Waals surface area (Å²) in [6.07, 6.45) is 4.88. The number of carbonyl (C=O) groups excluding carboxylic acids is 2. The first-order valence-corrected chi connectivity index (χ1v) is 12.9. The molecular weight excluding hydrogens is 438 g/mol. The number of hydrogen-bond acceptors (Lipinski definition) is 4. The molecule has 7 nitrogen and oxygen atoms in total. The van der Waals surface area contributed by atoms with Crippen LogP contribution in [0.25, 0.3) is 0 Å². The van der Waals surface area contributed by atoms with Gasteiger partial charge >= 0.3 is 0 Å². The highest BCUT2D eigenvalue weighted by atomic mass is 32.2. The van der Waals surface area contributed by atoms with Crippen molar-refractivity contribution in [1.82, 2.24) is 5.32 Å². The van der Waals surface area contributed by atoms with Crippen molar-refractivity contribution in [2.24, 2.45) is 0 Å². The van der Waals surface area contributed by atoms with Crippen LogP contribution in [0.3, 0.4) is 0 Å². The Labute approximate surface area is 195 Å². The number of anilines is 2. The molecule has 2 aromatic rings. The summed E-state index contributed by atoms with van der Waals surface area (Å²) in [5.74, 6) is -0.808. The Morgan fingerprint density at radius 3 is 2.36 bits per heavy atom. The average molecular weight is 470 g/mol. The molecule has 1 saturated carbocycles. The molecule has 33 heavy (non-hydrogen) atoms. The van der Waals surface area contributed by atoms with Gasteiger partial charge in [0.1, 0.15) is 6.04 Å². The molecule has 2 amide bonds. The molecule has 4 rings (SSSR count). The molecule has 2 aromatic carbocycles. The van der Waals surface area contributed by atoms with E-state index in [2.05, 4.69) is 10.6 Å². The van der Waals surface area contributed by atoms with E-state index < -0.39 is 22.0 Å². The zero-order valence-electron chi connectivity index (χ0n) is 19.3. The van der Waals surface area contributed by atoms with Crippen LogP contribution in [0.2, 0.25) is 0 Å². The highest BCUT2D eigenvalue weighted by Gasteiger charge is 2.43. The maximum Gasteiger partial charge on any atom is 0.265 e. The first kappa shape index (κ1) is 23.3. The summed E-state index contributed by atoms with van der Waals surface area (Å²) in [4.78, 5) is 26.2. The summed E-state index contributed by atoms with van der Waals surface area (Å²) in [7, 11) is -4.12. The van der Waals surface area contributed by atoms with Crippen LogP contribution in [0.15, 0.2) is 41.3 Å². The lowest BCUT2D eigenvalue weighted by atomic mass is 9.95. The Morgan fingerprint density at radius 2 is 1.70 bits per heavy atom. The Kier molecular flexibility index (Phi) is 6.47. The SMILES string of the molecule is Cc1cc(C)c(S(=O)(=O)N2c3ccccc3NC(=O)C2CC(=O)NC2CCCCC2)c(C)c1. The fraction of sp³-hybridized carbons (Fsp3) is 0.440. The highest BCUT2D eigenvalue weighted by molar-refractivity contribution is 7.93. The summed E-state index contributed by atoms with van der Waals surface area (Å²) >= 11 is 0. The molecule has 1 heterocycles. The first-order chi connectivity index (χ1) is 15.7. The smallest absolute Gasteiger partial charge is 0.265 e. The third-order valence-electron chi connectivity index (χ3n) is 6.46. The third kappa shape index (κ3) is 4.62. The van der Waals surface area contributed by atoms with Crippen LogP contribution in [-0.4, -0.2) is 32.3 Å². The van der Waals surface area contributed by atoms with Crippen molar-refractivity contribution in [3.8, 4) is 0 Å². The van der Waals surface area contributed by atoms with E-state index >= 15 is 0 Å². The predicted octanol–water partition coefficient (Wildman–Crippen LogP) is 3.97. The van der Waals surface area contributed by atoms with Crippen LogP contribution in [-0.2, 0) is 19.6 Å². The lowest BCUT2D eigenvalue weighted by Gasteiger charge is -2.37. The van der Waals surface area contributed by atoms with E-state index in [0.717, 1.165) is 42.0 Å². The van der Waals surface area contributed by atoms with Crippen LogP contribution in [0.4, 0.5) is 11.4 Å². The first-order valence-electron chi connectivity index (χ1n) is 11.5. The van der Waals surface area contributed by atoms with Gasteiger partial charge in [-0.05, 0) is 56.9 Å². The number of carbonyl (C=O) groups is 2. The number of nitrogens with one attached hydrogen (secondary N) is 2. The minimum atomic E-state index is -4.12. The number of hydrogen-bond donors (Lipinski definition) is 2. The van der Waals surface area contributed by atoms with Crippen LogP contribution in [0.1, 0.15) is 55.2 Å². The lowest BCUT2D eigenvalue weighted by molar-refractivity contribution is -0.125. The van der Waals surface area contributed by atoms with Crippen LogP contribution in [0, 0.1) is 20.8 Å². The lowest BCUT2D eigenvalue weighted by Crippen LogP contribution is -2.53. The molecule has 8 heteroatoms. The molecule has 0 bridgehead atoms. The molecule has 1 aliphatic heterocycles. The Bertz CT molecular complexity index is 1160. The Morgan fingerprint density at radius 1 is 1.06 bits per heavy atom. The van der Waals surface area contributed by atoms with Gasteiger partial charge in [-0.3, -0.25) is 13.9 Å². The number of nitrogens with zero attached hydrogens (tertiary/aromatic N) is 1. The Balaban J connectivity index is 1.74. The van der Waals surface area contributed by atoms with Crippen LogP contribution < -0.4 is 14.9 Å². The number of benzene rings is 2. The van der Waals surface area contributed by atoms with Gasteiger partial charge in [0, 0.05) is 6.04 Å². The summed E-state index contributed by atoms with van der Waals surface area (Å²) in [6.45, 7) is 5.43. The zero-order valence-corrected chi connectivity index (χ0v) is 20.2. The molecule has 1 aliphatic carbocycles. The van der Waals surface area contributed by atoms with Crippen molar-refractivity contribution in [3.05, 3.63) is 53.1 Å². The van der Waals surface area contributed by atoms with E-state index in [-0.39, 0.29) is 23.3 Å². The molecule has 0 saturated heterocycles. The number of para-hydroxylation sites is 2. The fourth-order valence-electron chi connectivity index (χ4n) is 5.12. The van der Waals surface area contributed by atoms with Crippen molar-refractivity contribution >= 4 is 33.2 Å². The monoisotopic (exact) mass is 469 g/mol. The molecule has 1 fully saturated rings. The van der Waals surface area contributed by atoms with Crippen molar-refractivity contribution in [1.29, 1.82) is 0 Å². The van der Waals surface area contributed by atoms with Gasteiger partial charge in [-0.2, -0.15) is 0 Å². The van der Waals surface area contributed by atoms with Gasteiger partial charge in [-0.1, -0.05) is 49.1 Å². The fourth-order valence-corrected chi connectivity index (χ4v) is 7.17. The summed E-state index contributed by atoms with van der Waals surface area (Å²) in [5.41, 5.74) is 2.97. The van der Waals surface area contributed by atoms with E-state index in [4.69, 9.17) is 0 Å². The molecule has 1 unspecified atom stereocenters. The number of aryl methyl sites for hydroxylation is 3. The van der Waals surface area contributed by atoms with Gasteiger partial charge in [-0.15, -0.1) is 0 Å². The average Bonchev–Trinajstić information content (AvgIpc) is 2.73. The molecule has 0 spiro atoms. The largest absolute Gasteiger partial charge is 0.353 e. The molecule has 176 valence electrons. The number of amides is 2. The van der Waals surface area contributed by atoms with Gasteiger partial charge in [0.25, 0.3) is 10.0 Å². The van der Waals surface area contributed by atoms with Gasteiger partial charge in [-0.25, -0.2) is 8.42 Å². The normalized spacial score (nSPS) is 19.1. The van der Waals surface area contributed by atoms with E-state index in [1.54, 1.807) is 38.1 Å². The van der Waals surface area contributed by atoms with E-state index in [1.165, 1.54) is 0 Å². The maximum atomic E-state index is 14.0. The highest BCUT2D eigenvalue weighted by Crippen LogP contribution is 2.38. The number of sulfonamides is 1. The van der Waals surface area contributed by atoms with Crippen molar-refractivity contribution < 1.29 is 18.0 Å². The van der Waals surface area contributed by atoms with Crippen molar-refractivity contribution in [2.45, 2.75) is 76.3 Å². The molecule has 2 N–H and O–H groups in total. The van der Waals surface area contributed by atoms with Crippen molar-refractivity contribution in [3.63, 3.8) is 0 Å². The van der Waals surface area contributed by atoms with Gasteiger partial charge in [0.15, 0.2) is 0 Å². The standard InChI is InChI=1S/C25H31N3O4S/c1-16-13-17(2)24(18(3)14-16)33(31,32)28-21-12-8-7-11-20(21)27-25(30)22(28)15-23(29)26-19-9-5-4-6-10-19/h7-8,11-14,19,22H,4-6,9-10,15H2,1-3H3,(H,26,29)(H,27,30). The second-order valence-corrected chi connectivity index (χ2v) is 10.9. The molecule has 0 aromatic heterocycles. The summed E-state index contributed by atoms with van der Waals surface area (Å²) in [6, 6.07) is 9.35. The topological polar surface area (TPSA) is 95.6 Å². The summed E-state index contributed by atoms with van der Waals surface area (Å²) in [5, 5.41) is 5.80.